The van der Waals surface area contributed by atoms with Crippen molar-refractivity contribution in [1.29, 1.82) is 0 Å². The molecule has 1 heterocycles. The van der Waals surface area contributed by atoms with Crippen molar-refractivity contribution in [3.05, 3.63) is 12.2 Å². The molecular formula is C27H51NO2. The number of allylic oxidation sites excluding steroid dienone is 1. The van der Waals surface area contributed by atoms with Gasteiger partial charge < -0.3 is 10.1 Å². The molecule has 1 aliphatic heterocycles. The average Bonchev–Trinajstić information content (AvgIpc) is 2.73. The predicted molar refractivity (Wildman–Crippen MR) is 130 cm³/mol. The molecule has 3 unspecified atom stereocenters. The summed E-state index contributed by atoms with van der Waals surface area (Å²) in [6.45, 7) is 18.3. The van der Waals surface area contributed by atoms with Gasteiger partial charge in [-0.1, -0.05) is 86.8 Å². The summed E-state index contributed by atoms with van der Waals surface area (Å²) in [7, 11) is 0. The van der Waals surface area contributed by atoms with Crippen LogP contribution in [-0.4, -0.2) is 24.2 Å². The van der Waals surface area contributed by atoms with Crippen molar-refractivity contribution in [2.45, 2.75) is 125 Å². The maximum absolute atomic E-state index is 12.3. The zero-order valence-electron chi connectivity index (χ0n) is 21.2. The van der Waals surface area contributed by atoms with E-state index in [0.29, 0.717) is 48.2 Å². The Kier molecular flexibility index (Phi) is 12.9. The van der Waals surface area contributed by atoms with Crippen molar-refractivity contribution in [2.24, 2.45) is 29.6 Å². The van der Waals surface area contributed by atoms with E-state index in [2.05, 4.69) is 72.9 Å². The van der Waals surface area contributed by atoms with Crippen LogP contribution in [0.5, 0.6) is 0 Å². The number of rotatable bonds is 13. The van der Waals surface area contributed by atoms with Gasteiger partial charge in [0.15, 0.2) is 0 Å². The topological polar surface area (TPSA) is 38.3 Å². The van der Waals surface area contributed by atoms with Crippen LogP contribution in [-0.2, 0) is 9.53 Å². The average molecular weight is 422 g/mol. The first-order valence-electron chi connectivity index (χ1n) is 12.9. The van der Waals surface area contributed by atoms with Gasteiger partial charge in [0, 0.05) is 12.5 Å². The van der Waals surface area contributed by atoms with E-state index in [-0.39, 0.29) is 11.9 Å². The number of amides is 1. The highest BCUT2D eigenvalue weighted by Gasteiger charge is 2.37. The second-order valence-corrected chi connectivity index (χ2v) is 10.0. The van der Waals surface area contributed by atoms with Crippen LogP contribution in [0.3, 0.4) is 0 Å². The summed E-state index contributed by atoms with van der Waals surface area (Å²) in [4.78, 5) is 12.3. The van der Waals surface area contributed by atoms with Crippen molar-refractivity contribution in [3.8, 4) is 0 Å². The molecule has 8 atom stereocenters. The quantitative estimate of drug-likeness (QED) is 0.320. The number of unbranched alkanes of at least 4 members (excludes halogenated alkanes) is 1. The molecule has 1 amide bonds. The molecule has 3 heteroatoms. The van der Waals surface area contributed by atoms with Gasteiger partial charge in [-0.2, -0.15) is 0 Å². The number of ether oxygens (including phenoxy) is 1. The molecule has 0 radical (unpaired) electrons. The van der Waals surface area contributed by atoms with Crippen LogP contribution in [0, 0.1) is 29.6 Å². The van der Waals surface area contributed by atoms with Crippen molar-refractivity contribution in [1.82, 2.24) is 5.32 Å². The molecule has 0 aromatic carbocycles. The summed E-state index contributed by atoms with van der Waals surface area (Å²) in [5, 5.41) is 3.29. The molecule has 176 valence electrons. The molecule has 0 saturated carbocycles. The van der Waals surface area contributed by atoms with Gasteiger partial charge in [-0.05, 0) is 55.3 Å². The standard InChI is InChI=1S/C27H51NO2/c1-9-12-16-19(4)20(5)24(28-27(29)15-10-2)17-13-14-18-26-23(8)21(6)22(7)25(11-3)30-26/h13,17,19-26H,9-12,14-16,18H2,1-8H3,(H,28,29)/b17-13+/t19-,20-,21?,22-,23?,24+,25?,26-/m1/s1. The molecule has 0 bridgehead atoms. The number of nitrogens with one attached hydrogen (secondary N) is 1. The highest BCUT2D eigenvalue weighted by Crippen LogP contribution is 2.37. The van der Waals surface area contributed by atoms with Gasteiger partial charge in [0.05, 0.1) is 12.2 Å². The lowest BCUT2D eigenvalue weighted by molar-refractivity contribution is -0.135. The minimum Gasteiger partial charge on any atom is -0.374 e. The van der Waals surface area contributed by atoms with Crippen LogP contribution < -0.4 is 5.32 Å². The summed E-state index contributed by atoms with van der Waals surface area (Å²) in [6.07, 6.45) is 13.7. The summed E-state index contributed by atoms with van der Waals surface area (Å²) < 4.78 is 6.46. The molecule has 0 spiro atoms. The molecule has 0 aromatic heterocycles. The van der Waals surface area contributed by atoms with Crippen LogP contribution >= 0.6 is 0 Å². The zero-order chi connectivity index (χ0) is 22.7. The summed E-state index contributed by atoms with van der Waals surface area (Å²) >= 11 is 0. The Morgan fingerprint density at radius 1 is 1.00 bits per heavy atom. The largest absolute Gasteiger partial charge is 0.374 e. The highest BCUT2D eigenvalue weighted by atomic mass is 16.5. The Morgan fingerprint density at radius 2 is 1.67 bits per heavy atom. The van der Waals surface area contributed by atoms with Crippen LogP contribution in [0.1, 0.15) is 107 Å². The monoisotopic (exact) mass is 421 g/mol. The van der Waals surface area contributed by atoms with E-state index < -0.39 is 0 Å². The van der Waals surface area contributed by atoms with Gasteiger partial charge in [0.25, 0.3) is 0 Å². The molecule has 1 aliphatic rings. The number of carbonyl (C=O) groups is 1. The van der Waals surface area contributed by atoms with Crippen molar-refractivity contribution < 1.29 is 9.53 Å². The molecule has 1 N–H and O–H groups in total. The van der Waals surface area contributed by atoms with Crippen LogP contribution in [0.25, 0.3) is 0 Å². The van der Waals surface area contributed by atoms with Gasteiger partial charge in [-0.3, -0.25) is 4.79 Å². The summed E-state index contributed by atoms with van der Waals surface area (Å²) in [6, 6.07) is 0.128. The third-order valence-electron chi connectivity index (χ3n) is 7.83. The lowest BCUT2D eigenvalue weighted by atomic mass is 9.75. The predicted octanol–water partition coefficient (Wildman–Crippen LogP) is 7.16. The zero-order valence-corrected chi connectivity index (χ0v) is 21.2. The number of carbonyl (C=O) groups excluding carboxylic acids is 1. The molecule has 0 aromatic rings. The van der Waals surface area contributed by atoms with Gasteiger partial charge in [0.2, 0.25) is 5.91 Å². The number of hydrogen-bond acceptors (Lipinski definition) is 2. The Labute approximate surface area is 187 Å². The molecule has 1 rings (SSSR count). The third-order valence-corrected chi connectivity index (χ3v) is 7.83. The summed E-state index contributed by atoms with van der Waals surface area (Å²) in [5.41, 5.74) is 0. The van der Waals surface area contributed by atoms with E-state index in [1.165, 1.54) is 19.3 Å². The first-order valence-corrected chi connectivity index (χ1v) is 12.9. The normalized spacial score (nSPS) is 30.2. The Bertz CT molecular complexity index is 501. The van der Waals surface area contributed by atoms with Gasteiger partial charge >= 0.3 is 0 Å². The summed E-state index contributed by atoms with van der Waals surface area (Å²) in [5.74, 6) is 3.18. The van der Waals surface area contributed by atoms with E-state index in [1.807, 2.05) is 0 Å². The maximum atomic E-state index is 12.3. The Balaban J connectivity index is 2.70. The van der Waals surface area contributed by atoms with Crippen molar-refractivity contribution in [2.75, 3.05) is 0 Å². The lowest BCUT2D eigenvalue weighted by Crippen LogP contribution is -2.44. The highest BCUT2D eigenvalue weighted by molar-refractivity contribution is 5.76. The smallest absolute Gasteiger partial charge is 0.220 e. The van der Waals surface area contributed by atoms with E-state index in [9.17, 15) is 4.79 Å². The van der Waals surface area contributed by atoms with Gasteiger partial charge in [-0.25, -0.2) is 0 Å². The number of hydrogen-bond donors (Lipinski definition) is 1. The molecule has 1 saturated heterocycles. The molecule has 0 aliphatic carbocycles. The first-order chi connectivity index (χ1) is 14.3. The van der Waals surface area contributed by atoms with Crippen LogP contribution in [0.4, 0.5) is 0 Å². The van der Waals surface area contributed by atoms with Crippen LogP contribution in [0.15, 0.2) is 12.2 Å². The minimum atomic E-state index is 0.128. The Hall–Kier alpha value is -0.830. The molecule has 30 heavy (non-hydrogen) atoms. The molecule has 1 fully saturated rings. The van der Waals surface area contributed by atoms with Gasteiger partial charge in [-0.15, -0.1) is 0 Å². The fourth-order valence-corrected chi connectivity index (χ4v) is 4.91. The maximum Gasteiger partial charge on any atom is 0.220 e. The third kappa shape index (κ3) is 8.36. The van der Waals surface area contributed by atoms with Gasteiger partial charge in [0.1, 0.15) is 0 Å². The molecular weight excluding hydrogens is 370 g/mol. The first kappa shape index (κ1) is 27.2. The molecule has 3 nitrogen and oxygen atoms in total. The van der Waals surface area contributed by atoms with Crippen molar-refractivity contribution >= 4 is 5.91 Å². The van der Waals surface area contributed by atoms with E-state index >= 15 is 0 Å². The van der Waals surface area contributed by atoms with E-state index in [4.69, 9.17) is 4.74 Å². The second kappa shape index (κ2) is 14.3. The lowest BCUT2D eigenvalue weighted by Gasteiger charge is -2.43. The van der Waals surface area contributed by atoms with Crippen LogP contribution in [0.2, 0.25) is 0 Å². The SMILES string of the molecule is CCCC[C@@H](C)[C@@H](C)[C@H](/C=C/CC[C@H]1OC(CC)[C@H](C)C(C)C1C)NC(=O)CCC. The Morgan fingerprint density at radius 3 is 2.27 bits per heavy atom. The van der Waals surface area contributed by atoms with E-state index in [1.54, 1.807) is 0 Å². The van der Waals surface area contributed by atoms with E-state index in [0.717, 1.165) is 25.7 Å². The second-order valence-electron chi connectivity index (χ2n) is 10.0. The minimum absolute atomic E-state index is 0.128. The van der Waals surface area contributed by atoms with Crippen molar-refractivity contribution in [3.63, 3.8) is 0 Å². The fraction of sp³-hybridized carbons (Fsp3) is 0.889. The fourth-order valence-electron chi connectivity index (χ4n) is 4.91.